The van der Waals surface area contributed by atoms with Crippen LogP contribution in [0, 0.1) is 15.9 Å². The molecule has 0 aliphatic carbocycles. The molecule has 0 atom stereocenters. The molecule has 0 N–H and O–H groups in total. The van der Waals surface area contributed by atoms with E-state index in [9.17, 15) is 19.3 Å². The van der Waals surface area contributed by atoms with E-state index in [1.54, 1.807) is 6.07 Å². The maximum atomic E-state index is 12.7. The Bertz CT molecular complexity index is 640. The molecule has 5 nitrogen and oxygen atoms in total. The lowest BCUT2D eigenvalue weighted by molar-refractivity contribution is -0.384. The van der Waals surface area contributed by atoms with Crippen LogP contribution in [-0.2, 0) is 11.3 Å². The van der Waals surface area contributed by atoms with E-state index in [2.05, 4.69) is 0 Å². The van der Waals surface area contributed by atoms with E-state index in [0.717, 1.165) is 12.1 Å². The second kappa shape index (κ2) is 5.92. The van der Waals surface area contributed by atoms with Crippen molar-refractivity contribution in [2.24, 2.45) is 0 Å². The predicted octanol–water partition coefficient (Wildman–Crippen LogP) is 3.09. The number of benzene rings is 2. The Morgan fingerprint density at radius 1 is 1.20 bits per heavy atom. The van der Waals surface area contributed by atoms with E-state index in [0.29, 0.717) is 5.56 Å². The molecule has 0 radical (unpaired) electrons. The number of non-ortho nitro benzene ring substituents is 1. The maximum absolute atomic E-state index is 12.7. The first-order valence-corrected chi connectivity index (χ1v) is 5.72. The lowest BCUT2D eigenvalue weighted by atomic mass is 10.2. The summed E-state index contributed by atoms with van der Waals surface area (Å²) in [4.78, 5) is 21.8. The third kappa shape index (κ3) is 3.38. The van der Waals surface area contributed by atoms with Crippen LogP contribution in [-0.4, -0.2) is 10.9 Å². The van der Waals surface area contributed by atoms with E-state index < -0.39 is 16.7 Å². The first kappa shape index (κ1) is 13.7. The van der Waals surface area contributed by atoms with Crippen molar-refractivity contribution < 1.29 is 18.8 Å². The van der Waals surface area contributed by atoms with Crippen LogP contribution in [0.4, 0.5) is 10.1 Å². The first-order valence-electron chi connectivity index (χ1n) is 5.72. The normalized spacial score (nSPS) is 10.1. The zero-order valence-corrected chi connectivity index (χ0v) is 10.3. The van der Waals surface area contributed by atoms with Gasteiger partial charge in [0.05, 0.1) is 10.5 Å². The Balaban J connectivity index is 2.01. The van der Waals surface area contributed by atoms with Gasteiger partial charge in [-0.1, -0.05) is 12.1 Å². The van der Waals surface area contributed by atoms with Gasteiger partial charge in [0.25, 0.3) is 5.69 Å². The average Bonchev–Trinajstić information content (AvgIpc) is 2.46. The third-order valence-corrected chi connectivity index (χ3v) is 2.57. The van der Waals surface area contributed by atoms with Crippen LogP contribution in [0.5, 0.6) is 0 Å². The summed E-state index contributed by atoms with van der Waals surface area (Å²) in [6.07, 6.45) is 0. The number of nitro groups is 1. The summed E-state index contributed by atoms with van der Waals surface area (Å²) in [7, 11) is 0. The minimum absolute atomic E-state index is 0.0691. The molecule has 0 unspecified atom stereocenters. The summed E-state index contributed by atoms with van der Waals surface area (Å²) in [6.45, 7) is -0.0854. The van der Waals surface area contributed by atoms with Gasteiger partial charge in [0, 0.05) is 12.1 Å². The van der Waals surface area contributed by atoms with Gasteiger partial charge in [0.2, 0.25) is 0 Å². The van der Waals surface area contributed by atoms with Gasteiger partial charge in [-0.05, 0) is 29.8 Å². The minimum Gasteiger partial charge on any atom is -0.457 e. The van der Waals surface area contributed by atoms with Gasteiger partial charge in [-0.3, -0.25) is 10.1 Å². The van der Waals surface area contributed by atoms with Gasteiger partial charge in [-0.2, -0.15) is 0 Å². The number of halogens is 1. The van der Waals surface area contributed by atoms with E-state index in [4.69, 9.17) is 4.74 Å². The molecule has 2 aromatic rings. The van der Waals surface area contributed by atoms with Crippen molar-refractivity contribution in [3.05, 3.63) is 75.6 Å². The van der Waals surface area contributed by atoms with Crippen molar-refractivity contribution in [2.45, 2.75) is 6.61 Å². The molecule has 0 aliphatic rings. The van der Waals surface area contributed by atoms with Gasteiger partial charge in [0.1, 0.15) is 12.4 Å². The predicted molar refractivity (Wildman–Crippen MR) is 68.6 cm³/mol. The van der Waals surface area contributed by atoms with Crippen molar-refractivity contribution in [1.82, 2.24) is 0 Å². The SMILES string of the molecule is O=C(OCc1cccc([N+](=O)[O-])c1)c1ccc(F)cc1. The number of esters is 1. The highest BCUT2D eigenvalue weighted by atomic mass is 19.1. The first-order chi connectivity index (χ1) is 9.56. The van der Waals surface area contributed by atoms with Gasteiger partial charge in [0.15, 0.2) is 0 Å². The molecule has 6 heteroatoms. The smallest absolute Gasteiger partial charge is 0.338 e. The number of nitro benzene ring substituents is 1. The number of hydrogen-bond acceptors (Lipinski definition) is 4. The van der Waals surface area contributed by atoms with Crippen molar-refractivity contribution in [1.29, 1.82) is 0 Å². The summed E-state index contributed by atoms with van der Waals surface area (Å²) in [5.41, 5.74) is 0.659. The molecule has 20 heavy (non-hydrogen) atoms. The van der Waals surface area contributed by atoms with Gasteiger partial charge >= 0.3 is 5.97 Å². The zero-order valence-electron chi connectivity index (χ0n) is 10.3. The Hall–Kier alpha value is -2.76. The van der Waals surface area contributed by atoms with E-state index >= 15 is 0 Å². The van der Waals surface area contributed by atoms with E-state index in [1.165, 1.54) is 30.3 Å². The average molecular weight is 275 g/mol. The van der Waals surface area contributed by atoms with Crippen LogP contribution < -0.4 is 0 Å². The van der Waals surface area contributed by atoms with E-state index in [-0.39, 0.29) is 17.9 Å². The Morgan fingerprint density at radius 3 is 2.55 bits per heavy atom. The largest absolute Gasteiger partial charge is 0.457 e. The molecule has 0 heterocycles. The van der Waals surface area contributed by atoms with Crippen LogP contribution >= 0.6 is 0 Å². The molecule has 0 saturated carbocycles. The highest BCUT2D eigenvalue weighted by Gasteiger charge is 2.09. The van der Waals surface area contributed by atoms with Crippen molar-refractivity contribution >= 4 is 11.7 Å². The zero-order chi connectivity index (χ0) is 14.5. The molecule has 0 spiro atoms. The second-order valence-corrected chi connectivity index (χ2v) is 4.01. The molecule has 0 aliphatic heterocycles. The maximum Gasteiger partial charge on any atom is 0.338 e. The van der Waals surface area contributed by atoms with Crippen LogP contribution in [0.1, 0.15) is 15.9 Å². The fraction of sp³-hybridized carbons (Fsp3) is 0.0714. The van der Waals surface area contributed by atoms with Crippen molar-refractivity contribution in [3.63, 3.8) is 0 Å². The molecule has 0 aromatic heterocycles. The number of hydrogen-bond donors (Lipinski definition) is 0. The van der Waals surface area contributed by atoms with Crippen molar-refractivity contribution in [3.8, 4) is 0 Å². The lowest BCUT2D eigenvalue weighted by Gasteiger charge is -2.05. The fourth-order valence-corrected chi connectivity index (χ4v) is 1.58. The van der Waals surface area contributed by atoms with Crippen LogP contribution in [0.3, 0.4) is 0 Å². The summed E-state index contributed by atoms with van der Waals surface area (Å²) in [6, 6.07) is 10.7. The number of carbonyl (C=O) groups is 1. The summed E-state index contributed by atoms with van der Waals surface area (Å²) < 4.78 is 17.7. The quantitative estimate of drug-likeness (QED) is 0.488. The van der Waals surface area contributed by atoms with Gasteiger partial charge < -0.3 is 4.74 Å². The standard InChI is InChI=1S/C14H10FNO4/c15-12-6-4-11(5-7-12)14(17)20-9-10-2-1-3-13(8-10)16(18)19/h1-8H,9H2. The Labute approximate surface area is 113 Å². The van der Waals surface area contributed by atoms with Gasteiger partial charge in [-0.25, -0.2) is 9.18 Å². The number of nitrogens with zero attached hydrogens (tertiary/aromatic N) is 1. The number of carbonyl (C=O) groups excluding carboxylic acids is 1. The monoisotopic (exact) mass is 275 g/mol. The highest BCUT2D eigenvalue weighted by Crippen LogP contribution is 2.14. The van der Waals surface area contributed by atoms with Crippen LogP contribution in [0.25, 0.3) is 0 Å². The Kier molecular flexibility index (Phi) is 4.05. The van der Waals surface area contributed by atoms with Crippen LogP contribution in [0.15, 0.2) is 48.5 Å². The van der Waals surface area contributed by atoms with Crippen molar-refractivity contribution in [2.75, 3.05) is 0 Å². The fourth-order valence-electron chi connectivity index (χ4n) is 1.58. The molecule has 2 aromatic carbocycles. The molecule has 0 fully saturated rings. The van der Waals surface area contributed by atoms with Crippen LogP contribution in [0.2, 0.25) is 0 Å². The van der Waals surface area contributed by atoms with Gasteiger partial charge in [-0.15, -0.1) is 0 Å². The molecule has 0 bridgehead atoms. The topological polar surface area (TPSA) is 69.4 Å². The molecule has 0 amide bonds. The molecule has 2 rings (SSSR count). The lowest BCUT2D eigenvalue weighted by Crippen LogP contribution is -2.05. The van der Waals surface area contributed by atoms with E-state index in [1.807, 2.05) is 0 Å². The molecular formula is C14H10FNO4. The molecule has 0 saturated heterocycles. The highest BCUT2D eigenvalue weighted by molar-refractivity contribution is 5.89. The third-order valence-electron chi connectivity index (χ3n) is 2.57. The number of ether oxygens (including phenoxy) is 1. The number of rotatable bonds is 4. The second-order valence-electron chi connectivity index (χ2n) is 4.01. The summed E-state index contributed by atoms with van der Waals surface area (Å²) >= 11 is 0. The summed E-state index contributed by atoms with van der Waals surface area (Å²) in [5.74, 6) is -1.06. The molecular weight excluding hydrogens is 265 g/mol. The molecule has 102 valence electrons. The Morgan fingerprint density at radius 2 is 1.90 bits per heavy atom. The summed E-state index contributed by atoms with van der Waals surface area (Å²) in [5, 5.41) is 10.6. The minimum atomic E-state index is -0.614.